The van der Waals surface area contributed by atoms with Crippen LogP contribution in [0.15, 0.2) is 242 Å². The number of benzene rings is 8. The molecule has 4 aliphatic heterocycles. The molecule has 4 heterocycles. The van der Waals surface area contributed by atoms with Crippen molar-refractivity contribution in [2.75, 3.05) is 0 Å². The van der Waals surface area contributed by atoms with Crippen molar-refractivity contribution in [3.63, 3.8) is 0 Å². The zero-order valence-corrected chi connectivity index (χ0v) is 41.9. The molecule has 0 radical (unpaired) electrons. The highest BCUT2D eigenvalue weighted by Crippen LogP contribution is 2.40. The molecule has 0 spiro atoms. The van der Waals surface area contributed by atoms with E-state index < -0.39 is 354 Å². The van der Waals surface area contributed by atoms with Crippen LogP contribution in [0.5, 0.6) is 0 Å². The van der Waals surface area contributed by atoms with E-state index in [1.54, 1.807) is 0 Å². The van der Waals surface area contributed by atoms with Gasteiger partial charge < -0.3 is 60.3 Å². The lowest BCUT2D eigenvalue weighted by atomic mass is 10.4. The SMILES string of the molecule is [2H]c1c([2H])c([2H])c([Si]2(O)O[Si]3(c4c([2H])c([2H])c([2H])c([2H])c4[2H])O[Si](O)(c4c([2H])c([2H])c([2H])c([2H])c4[2H])O[Si](c4c([2H])c([2H])c([2H])c([2H])c4[2H])(O2)O[Si]2(c4c([2H])c([2H])c([2H])c([2H])c4[2H])O[Si](O)(c4c([2H])c([2H])c([2H])c([2H])c4[2H])O[Si](c4c([2H])c([2H])c([2H])c([2H])c4[2H])(O[Si](O)(c4c([2H])c([2H])c([2H])c([2H])c4[2H])O2)O3)c([2H])c1[2H]. The van der Waals surface area contributed by atoms with Gasteiger partial charge in [-0.1, -0.05) is 242 Å². The minimum absolute atomic E-state index is 1.46. The first-order valence-electron chi connectivity index (χ1n) is 39.0. The highest BCUT2D eigenvalue weighted by atomic mass is 28.6. The molecule has 0 unspecified atom stereocenters. The van der Waals surface area contributed by atoms with E-state index in [4.69, 9.17) is 63.1 Å². The van der Waals surface area contributed by atoms with Crippen LogP contribution in [0.1, 0.15) is 54.8 Å². The molecule has 4 N–H and O–H groups in total. The largest absolute Gasteiger partial charge is 0.520 e. The number of rotatable bonds is 8. The minimum Gasteiger partial charge on any atom is -0.387 e. The highest BCUT2D eigenvalue weighted by molar-refractivity contribution is 7.08. The van der Waals surface area contributed by atoms with Crippen LogP contribution in [0.3, 0.4) is 0 Å². The van der Waals surface area contributed by atoms with Crippen molar-refractivity contribution in [2.24, 2.45) is 0 Å². The molecule has 22 heteroatoms. The predicted octanol–water partition coefficient (Wildman–Crippen LogP) is 0.931. The zero-order chi connectivity index (χ0) is 82.8. The average Bonchev–Trinajstić information content (AvgIpc) is 0.673. The third-order valence-corrected chi connectivity index (χ3v) is 37.9. The van der Waals surface area contributed by atoms with E-state index in [1.807, 2.05) is 0 Å². The molecule has 0 amide bonds. The summed E-state index contributed by atoms with van der Waals surface area (Å²) in [6, 6.07) is -70.2. The second-order valence-electron chi connectivity index (χ2n) is 13.6. The van der Waals surface area contributed by atoms with Crippen molar-refractivity contribution in [2.45, 2.75) is 0 Å². The summed E-state index contributed by atoms with van der Waals surface area (Å²) in [4.78, 5) is 58.9. The smallest absolute Gasteiger partial charge is 0.387 e. The van der Waals surface area contributed by atoms with Gasteiger partial charge in [0, 0.05) is 41.5 Å². The normalized spacial score (nSPS) is 40.2. The molecule has 0 aromatic heterocycles. The first-order valence-corrected chi connectivity index (χ1v) is 32.9. The van der Waals surface area contributed by atoms with Gasteiger partial charge in [-0.3, -0.25) is 0 Å². The van der Waals surface area contributed by atoms with Crippen LogP contribution in [-0.4, -0.2) is 89.6 Å². The number of hydrogen-bond acceptors (Lipinski definition) is 14. The Morgan fingerprint density at radius 2 is 0.329 bits per heavy atom. The van der Waals surface area contributed by atoms with Crippen LogP contribution >= 0.6 is 0 Å². The third-order valence-electron chi connectivity index (χ3n) is 9.21. The minimum atomic E-state index is -8.44. The first kappa shape index (κ1) is 20.1. The van der Waals surface area contributed by atoms with E-state index in [2.05, 4.69) is 0 Å². The van der Waals surface area contributed by atoms with Gasteiger partial charge in [0.2, 0.25) is 0 Å². The van der Waals surface area contributed by atoms with Crippen molar-refractivity contribution in [1.29, 1.82) is 0 Å². The van der Waals surface area contributed by atoms with Crippen molar-refractivity contribution >= 4 is 112 Å². The molecule has 0 saturated carbocycles. The van der Waals surface area contributed by atoms with Crippen molar-refractivity contribution in [1.82, 2.24) is 0 Å². The van der Waals surface area contributed by atoms with Crippen LogP contribution in [-0.2, 0) is 41.2 Å². The van der Waals surface area contributed by atoms with E-state index in [-0.39, 0.29) is 0 Å². The Morgan fingerprint density at radius 1 is 0.200 bits per heavy atom. The van der Waals surface area contributed by atoms with Crippen LogP contribution in [0.4, 0.5) is 0 Å². The van der Waals surface area contributed by atoms with Crippen molar-refractivity contribution < 1.29 is 115 Å². The molecule has 0 aliphatic carbocycles. The average molecular weight is 1110 g/mol. The highest BCUT2D eigenvalue weighted by Gasteiger charge is 2.79. The number of hydrogen-bond donors (Lipinski definition) is 4. The summed E-state index contributed by atoms with van der Waals surface area (Å²) in [5.74, 6) is 0. The molecule has 4 saturated heterocycles. The zero-order valence-electron chi connectivity index (χ0n) is 73.9. The lowest BCUT2D eigenvalue weighted by Gasteiger charge is -2.54. The Balaban J connectivity index is 1.63. The summed E-state index contributed by atoms with van der Waals surface area (Å²) in [5.41, 5.74) is 0. The molecule has 4 bridgehead atoms. The van der Waals surface area contributed by atoms with E-state index in [0.717, 1.165) is 0 Å². The molecule has 352 valence electrons. The van der Waals surface area contributed by atoms with Gasteiger partial charge in [0.1, 0.15) is 0 Å². The lowest BCUT2D eigenvalue weighted by Crippen LogP contribution is -2.89. The summed E-state index contributed by atoms with van der Waals surface area (Å²) in [6.45, 7) is 0. The maximum atomic E-state index is 14.7. The van der Waals surface area contributed by atoms with Crippen LogP contribution in [0.25, 0.3) is 0 Å². The maximum Gasteiger partial charge on any atom is 0.520 e. The van der Waals surface area contributed by atoms with E-state index in [1.165, 1.54) is 0 Å². The predicted molar refractivity (Wildman–Crippen MR) is 274 cm³/mol. The van der Waals surface area contributed by atoms with E-state index in [0.29, 0.717) is 0 Å². The molecule has 0 atom stereocenters. The molecule has 70 heavy (non-hydrogen) atoms. The Hall–Kier alpha value is -5.06. The standard InChI is InChI=1S/C48H44O14Si8/c49-63(41-25-9-1-10-26-41)53-67(45-33-17-5-18-34-45)55-64(50,42-27-11-2-12-28-42)56-68(54-63,46-35-19-6-20-36-46)62-70(48-39-23-8-24-40-48)58-65(51,43-29-13-3-14-30-43)57-69(61-67,47-37-21-7-22-38-47)59-66(52,60-70)44-31-15-4-16-32-44/h1-40,49-52H/i1D,2D,3D,4D,5D,6D,7D,8D,9D,10D,11D,12D,13D,14D,15D,16D,17D,18D,19D,20D,21D,22D,23D,24D,25D,26D,27D,28D,29D,30D,31D,32D,33D,34D,35D,36D,37D,38D,39D,40D. The van der Waals surface area contributed by atoms with Crippen LogP contribution < -0.4 is 41.5 Å². The molecule has 14 nitrogen and oxygen atoms in total. The van der Waals surface area contributed by atoms with Gasteiger partial charge >= 0.3 is 70.4 Å². The Kier molecular flexibility index (Phi) is 5.32. The van der Waals surface area contributed by atoms with Gasteiger partial charge in [-0.05, 0) is 0 Å². The van der Waals surface area contributed by atoms with Crippen molar-refractivity contribution in [3.8, 4) is 0 Å². The number of fused-ring (bicyclic) bond motifs is 4. The monoisotopic (exact) mass is 1110 g/mol. The molecule has 4 aliphatic rings. The molecule has 12 rings (SSSR count). The van der Waals surface area contributed by atoms with Crippen molar-refractivity contribution in [3.05, 3.63) is 242 Å². The molecule has 8 aromatic carbocycles. The second-order valence-corrected chi connectivity index (χ2v) is 34.8. The van der Waals surface area contributed by atoms with Gasteiger partial charge in [0.25, 0.3) is 0 Å². The van der Waals surface area contributed by atoms with Gasteiger partial charge in [-0.25, -0.2) is 0 Å². The van der Waals surface area contributed by atoms with Gasteiger partial charge in [-0.2, -0.15) is 0 Å². The summed E-state index contributed by atoms with van der Waals surface area (Å²) < 4.78 is 438. The topological polar surface area (TPSA) is 173 Å². The Morgan fingerprint density at radius 3 is 0.471 bits per heavy atom. The summed E-state index contributed by atoms with van der Waals surface area (Å²) in [6.07, 6.45) is 0. The fourth-order valence-electron chi connectivity index (χ4n) is 6.41. The first-order chi connectivity index (χ1) is 50.5. The lowest BCUT2D eigenvalue weighted by molar-refractivity contribution is 0.0442. The molecular weight excluding hydrogens is 1030 g/mol. The van der Waals surface area contributed by atoms with E-state index >= 15 is 0 Å². The second kappa shape index (κ2) is 18.5. The Bertz CT molecular complexity index is 4560. The molecular formula is C48H44O14Si8. The summed E-state index contributed by atoms with van der Waals surface area (Å²) >= 11 is 0. The molecule has 4 fully saturated rings. The Labute approximate surface area is 468 Å². The van der Waals surface area contributed by atoms with E-state index in [9.17, 15) is 52.1 Å². The molecule has 8 aromatic rings. The maximum absolute atomic E-state index is 14.7. The van der Waals surface area contributed by atoms with Gasteiger partial charge in [-0.15, -0.1) is 0 Å². The summed E-state index contributed by atoms with van der Waals surface area (Å²) in [5, 5.41) is -16.6. The van der Waals surface area contributed by atoms with Gasteiger partial charge in [0.05, 0.1) is 54.8 Å². The van der Waals surface area contributed by atoms with Gasteiger partial charge in [0.15, 0.2) is 0 Å². The fourth-order valence-corrected chi connectivity index (χ4v) is 41.2. The quantitative estimate of drug-likeness (QED) is 0.159. The van der Waals surface area contributed by atoms with Crippen LogP contribution in [0, 0.1) is 0 Å². The fraction of sp³-hybridized carbons (Fsp3) is 0. The third kappa shape index (κ3) is 8.66. The summed E-state index contributed by atoms with van der Waals surface area (Å²) in [7, 11) is -66.0. The van der Waals surface area contributed by atoms with Crippen LogP contribution in [0.2, 0.25) is 0 Å².